The molecule has 0 radical (unpaired) electrons. The molecule has 4 heteroatoms. The van der Waals surface area contributed by atoms with E-state index in [1.807, 2.05) is 26.0 Å². The number of carbonyl (C=O) groups is 2. The molecule has 0 aromatic heterocycles. The lowest BCUT2D eigenvalue weighted by atomic mass is 10.1. The van der Waals surface area contributed by atoms with Gasteiger partial charge in [-0.25, -0.2) is 0 Å². The molecule has 0 aliphatic heterocycles. The van der Waals surface area contributed by atoms with Crippen molar-refractivity contribution in [1.29, 1.82) is 0 Å². The molecule has 0 heterocycles. The van der Waals surface area contributed by atoms with Crippen LogP contribution in [0.3, 0.4) is 0 Å². The number of nitrogens with one attached hydrogen (secondary N) is 1. The fourth-order valence-electron chi connectivity index (χ4n) is 1.44. The number of hydrogen-bond acceptors (Lipinski definition) is 3. The van der Waals surface area contributed by atoms with Gasteiger partial charge >= 0.3 is 0 Å². The average Bonchev–Trinajstić information content (AvgIpc) is 2.32. The molecule has 0 fully saturated rings. The molecule has 1 aromatic rings. The number of ketones is 1. The minimum Gasteiger partial charge on any atom is -0.494 e. The third kappa shape index (κ3) is 3.58. The van der Waals surface area contributed by atoms with Crippen molar-refractivity contribution < 1.29 is 14.3 Å². The van der Waals surface area contributed by atoms with Crippen LogP contribution in [0.1, 0.15) is 26.3 Å². The molecule has 1 rings (SSSR count). The molecule has 4 nitrogen and oxygen atoms in total. The monoisotopic (exact) mass is 249 g/mol. The first-order valence-electron chi connectivity index (χ1n) is 6.04. The van der Waals surface area contributed by atoms with Gasteiger partial charge in [0.25, 0.3) is 5.91 Å². The van der Waals surface area contributed by atoms with E-state index in [4.69, 9.17) is 4.74 Å². The minimum atomic E-state index is -0.582. The number of ether oxygens (including phenoxy) is 1. The van der Waals surface area contributed by atoms with Gasteiger partial charge in [-0.2, -0.15) is 0 Å². The zero-order chi connectivity index (χ0) is 13.7. The van der Waals surface area contributed by atoms with Crippen LogP contribution in [0.2, 0.25) is 0 Å². The molecule has 0 aliphatic carbocycles. The van der Waals surface area contributed by atoms with E-state index in [1.54, 1.807) is 19.9 Å². The lowest BCUT2D eigenvalue weighted by Gasteiger charge is -2.11. The molecule has 0 spiro atoms. The predicted molar refractivity (Wildman–Crippen MR) is 70.8 cm³/mol. The van der Waals surface area contributed by atoms with Gasteiger partial charge in [0.2, 0.25) is 5.78 Å². The van der Waals surface area contributed by atoms with Gasteiger partial charge in [0.15, 0.2) is 0 Å². The first kappa shape index (κ1) is 14.2. The topological polar surface area (TPSA) is 55.4 Å². The number of amides is 1. The third-order valence-electron chi connectivity index (χ3n) is 2.52. The number of anilines is 1. The van der Waals surface area contributed by atoms with Crippen LogP contribution in [0.4, 0.5) is 5.69 Å². The van der Waals surface area contributed by atoms with Crippen molar-refractivity contribution in [2.24, 2.45) is 5.92 Å². The Labute approximate surface area is 107 Å². The van der Waals surface area contributed by atoms with E-state index < -0.39 is 11.7 Å². The number of hydrogen-bond donors (Lipinski definition) is 1. The number of rotatable bonds is 5. The zero-order valence-electron chi connectivity index (χ0n) is 11.2. The van der Waals surface area contributed by atoms with E-state index in [0.717, 1.165) is 5.56 Å². The van der Waals surface area contributed by atoms with Gasteiger partial charge in [-0.3, -0.25) is 9.59 Å². The Hall–Kier alpha value is -1.84. The summed E-state index contributed by atoms with van der Waals surface area (Å²) in [5, 5.41) is 2.62. The van der Waals surface area contributed by atoms with Crippen molar-refractivity contribution >= 4 is 17.4 Å². The molecule has 18 heavy (non-hydrogen) atoms. The van der Waals surface area contributed by atoms with Crippen molar-refractivity contribution in [1.82, 2.24) is 0 Å². The molecule has 0 aliphatic rings. The first-order chi connectivity index (χ1) is 8.45. The Balaban J connectivity index is 2.86. The standard InChI is InChI=1S/C14H19NO3/c1-5-18-11-7-6-10(4)12(8-11)15-14(17)13(16)9(2)3/h6-9H,5H2,1-4H3,(H,15,17). The summed E-state index contributed by atoms with van der Waals surface area (Å²) in [6.07, 6.45) is 0. The summed E-state index contributed by atoms with van der Waals surface area (Å²) in [5.74, 6) is -0.631. The lowest BCUT2D eigenvalue weighted by Crippen LogP contribution is -2.27. The van der Waals surface area contributed by atoms with Gasteiger partial charge < -0.3 is 10.1 Å². The second kappa shape index (κ2) is 6.19. The number of benzene rings is 1. The highest BCUT2D eigenvalue weighted by atomic mass is 16.5. The first-order valence-corrected chi connectivity index (χ1v) is 6.04. The predicted octanol–water partition coefficient (Wildman–Crippen LogP) is 2.56. The molecule has 0 bridgehead atoms. The highest BCUT2D eigenvalue weighted by molar-refractivity contribution is 6.41. The second-order valence-electron chi connectivity index (χ2n) is 4.38. The maximum absolute atomic E-state index is 11.7. The summed E-state index contributed by atoms with van der Waals surface area (Å²) >= 11 is 0. The summed E-state index contributed by atoms with van der Waals surface area (Å²) in [6.45, 7) is 7.71. The van der Waals surface area contributed by atoms with E-state index in [1.165, 1.54) is 0 Å². The summed E-state index contributed by atoms with van der Waals surface area (Å²) in [7, 11) is 0. The zero-order valence-corrected chi connectivity index (χ0v) is 11.2. The highest BCUT2D eigenvalue weighted by Gasteiger charge is 2.18. The summed E-state index contributed by atoms with van der Waals surface area (Å²) in [6, 6.07) is 5.41. The van der Waals surface area contributed by atoms with Gasteiger partial charge in [0.1, 0.15) is 5.75 Å². The molecule has 0 saturated carbocycles. The van der Waals surface area contributed by atoms with Gasteiger partial charge in [-0.1, -0.05) is 19.9 Å². The maximum atomic E-state index is 11.7. The Morgan fingerprint density at radius 3 is 2.56 bits per heavy atom. The van der Waals surface area contributed by atoms with E-state index in [-0.39, 0.29) is 5.92 Å². The molecule has 0 saturated heterocycles. The molecule has 0 atom stereocenters. The molecule has 1 N–H and O–H groups in total. The van der Waals surface area contributed by atoms with Gasteiger partial charge in [0.05, 0.1) is 6.61 Å². The quantitative estimate of drug-likeness (QED) is 0.816. The number of carbonyl (C=O) groups excluding carboxylic acids is 2. The summed E-state index contributed by atoms with van der Waals surface area (Å²) in [5.41, 5.74) is 1.50. The lowest BCUT2D eigenvalue weighted by molar-refractivity contribution is -0.136. The number of aryl methyl sites for hydroxylation is 1. The van der Waals surface area contributed by atoms with E-state index in [9.17, 15) is 9.59 Å². The summed E-state index contributed by atoms with van der Waals surface area (Å²) in [4.78, 5) is 23.2. The Bertz CT molecular complexity index is 452. The van der Waals surface area contributed by atoms with Gasteiger partial charge in [0, 0.05) is 17.7 Å². The molecule has 98 valence electrons. The number of Topliss-reactive ketones (excluding diaryl/α,β-unsaturated/α-hetero) is 1. The largest absolute Gasteiger partial charge is 0.494 e. The Kier molecular flexibility index (Phi) is 4.89. The third-order valence-corrected chi connectivity index (χ3v) is 2.52. The van der Waals surface area contributed by atoms with Crippen LogP contribution in [-0.4, -0.2) is 18.3 Å². The van der Waals surface area contributed by atoms with Crippen molar-refractivity contribution in [3.05, 3.63) is 23.8 Å². The maximum Gasteiger partial charge on any atom is 0.292 e. The summed E-state index contributed by atoms with van der Waals surface area (Å²) < 4.78 is 5.35. The minimum absolute atomic E-state index is 0.305. The molecular formula is C14H19NO3. The normalized spacial score (nSPS) is 10.3. The molecule has 1 amide bonds. The van der Waals surface area contributed by atoms with E-state index >= 15 is 0 Å². The SMILES string of the molecule is CCOc1ccc(C)c(NC(=O)C(=O)C(C)C)c1. The van der Waals surface area contributed by atoms with Crippen LogP contribution in [0.25, 0.3) is 0 Å². The Morgan fingerprint density at radius 1 is 1.33 bits per heavy atom. The van der Waals surface area contributed by atoms with Crippen molar-refractivity contribution in [3.63, 3.8) is 0 Å². The molecule has 0 unspecified atom stereocenters. The van der Waals surface area contributed by atoms with Crippen molar-refractivity contribution in [2.75, 3.05) is 11.9 Å². The van der Waals surface area contributed by atoms with Crippen LogP contribution >= 0.6 is 0 Å². The smallest absolute Gasteiger partial charge is 0.292 e. The average molecular weight is 249 g/mol. The van der Waals surface area contributed by atoms with Gasteiger partial charge in [-0.15, -0.1) is 0 Å². The van der Waals surface area contributed by atoms with Crippen LogP contribution in [0.5, 0.6) is 5.75 Å². The van der Waals surface area contributed by atoms with Crippen LogP contribution in [-0.2, 0) is 9.59 Å². The van der Waals surface area contributed by atoms with Crippen molar-refractivity contribution in [3.8, 4) is 5.75 Å². The highest BCUT2D eigenvalue weighted by Crippen LogP contribution is 2.22. The fourth-order valence-corrected chi connectivity index (χ4v) is 1.44. The molecular weight excluding hydrogens is 230 g/mol. The molecule has 1 aromatic carbocycles. The van der Waals surface area contributed by atoms with E-state index in [2.05, 4.69) is 5.32 Å². The van der Waals surface area contributed by atoms with Crippen molar-refractivity contribution in [2.45, 2.75) is 27.7 Å². The van der Waals surface area contributed by atoms with E-state index in [0.29, 0.717) is 18.0 Å². The fraction of sp³-hybridized carbons (Fsp3) is 0.429. The van der Waals surface area contributed by atoms with Crippen LogP contribution < -0.4 is 10.1 Å². The van der Waals surface area contributed by atoms with Gasteiger partial charge in [-0.05, 0) is 25.5 Å². The van der Waals surface area contributed by atoms with Crippen LogP contribution in [0.15, 0.2) is 18.2 Å². The van der Waals surface area contributed by atoms with Crippen LogP contribution in [0, 0.1) is 12.8 Å². The second-order valence-corrected chi connectivity index (χ2v) is 4.38. The Morgan fingerprint density at radius 2 is 2.00 bits per heavy atom.